The van der Waals surface area contributed by atoms with Gasteiger partial charge in [0.1, 0.15) is 0 Å². The monoisotopic (exact) mass is 263 g/mol. The van der Waals surface area contributed by atoms with Crippen LogP contribution in [-0.2, 0) is 6.42 Å². The first-order chi connectivity index (χ1) is 9.55. The molecule has 2 bridgehead atoms. The number of aryl methyl sites for hydroxylation is 1. The average Bonchev–Trinajstić information content (AvgIpc) is 2.46. The zero-order valence-electron chi connectivity index (χ0n) is 12.5. The molecule has 1 heteroatoms. The minimum Gasteiger partial charge on any atom is -0.253 e. The van der Waals surface area contributed by atoms with E-state index in [1.54, 1.807) is 0 Å². The number of hydrogen-bond donors (Lipinski definition) is 0. The zero-order chi connectivity index (χ0) is 13.9. The van der Waals surface area contributed by atoms with E-state index in [1.807, 2.05) is 0 Å². The second kappa shape index (κ2) is 3.94. The van der Waals surface area contributed by atoms with Gasteiger partial charge in [0, 0.05) is 11.3 Å². The summed E-state index contributed by atoms with van der Waals surface area (Å²) < 4.78 is 0. The summed E-state index contributed by atoms with van der Waals surface area (Å²) in [6, 6.07) is 13.2. The molecule has 1 fully saturated rings. The van der Waals surface area contributed by atoms with Crippen molar-refractivity contribution in [3.63, 3.8) is 0 Å². The van der Waals surface area contributed by atoms with Crippen molar-refractivity contribution in [2.75, 3.05) is 0 Å². The summed E-state index contributed by atoms with van der Waals surface area (Å²) in [6.45, 7) is 6.96. The fourth-order valence-electron chi connectivity index (χ4n) is 4.00. The molecule has 3 aliphatic carbocycles. The van der Waals surface area contributed by atoms with Crippen LogP contribution in [0.15, 0.2) is 36.4 Å². The fourth-order valence-corrected chi connectivity index (χ4v) is 4.00. The summed E-state index contributed by atoms with van der Waals surface area (Å²) in [5.41, 5.74) is 7.01. The second-order valence-corrected chi connectivity index (χ2v) is 7.11. The van der Waals surface area contributed by atoms with Crippen LogP contribution in [0.25, 0.3) is 11.3 Å². The molecule has 5 rings (SSSR count). The Bertz CT molecular complexity index is 667. The molecule has 3 aliphatic rings. The van der Waals surface area contributed by atoms with Gasteiger partial charge < -0.3 is 0 Å². The lowest BCUT2D eigenvalue weighted by Crippen LogP contribution is -2.48. The van der Waals surface area contributed by atoms with Crippen LogP contribution in [0.5, 0.6) is 0 Å². The van der Waals surface area contributed by atoms with E-state index in [1.165, 1.54) is 35.2 Å². The van der Waals surface area contributed by atoms with E-state index in [4.69, 9.17) is 4.98 Å². The Kier molecular flexibility index (Phi) is 2.39. The molecule has 2 unspecified atom stereocenters. The Morgan fingerprint density at radius 3 is 2.50 bits per heavy atom. The summed E-state index contributed by atoms with van der Waals surface area (Å²) in [7, 11) is 0. The number of rotatable bonds is 1. The molecule has 2 atom stereocenters. The summed E-state index contributed by atoms with van der Waals surface area (Å²) >= 11 is 0. The number of benzene rings is 1. The van der Waals surface area contributed by atoms with Crippen LogP contribution in [0.1, 0.15) is 43.0 Å². The molecule has 20 heavy (non-hydrogen) atoms. The van der Waals surface area contributed by atoms with Gasteiger partial charge in [-0.05, 0) is 48.6 Å². The lowest BCUT2D eigenvalue weighted by molar-refractivity contribution is 0.0170. The third kappa shape index (κ3) is 1.59. The minimum atomic E-state index is 0.486. The van der Waals surface area contributed by atoms with E-state index in [0.717, 1.165) is 17.5 Å². The van der Waals surface area contributed by atoms with Crippen LogP contribution >= 0.6 is 0 Å². The Morgan fingerprint density at radius 1 is 1.05 bits per heavy atom. The summed E-state index contributed by atoms with van der Waals surface area (Å²) in [5.74, 6) is 1.57. The highest BCUT2D eigenvalue weighted by Gasteiger charge is 2.52. The van der Waals surface area contributed by atoms with Crippen LogP contribution < -0.4 is 0 Å². The van der Waals surface area contributed by atoms with Crippen LogP contribution in [0.2, 0.25) is 0 Å². The maximum absolute atomic E-state index is 4.96. The van der Waals surface area contributed by atoms with Gasteiger partial charge in [-0.2, -0.15) is 0 Å². The molecule has 2 aromatic rings. The van der Waals surface area contributed by atoms with Crippen molar-refractivity contribution in [1.82, 2.24) is 4.98 Å². The quantitative estimate of drug-likeness (QED) is 0.724. The van der Waals surface area contributed by atoms with Crippen molar-refractivity contribution >= 4 is 0 Å². The van der Waals surface area contributed by atoms with Gasteiger partial charge >= 0.3 is 0 Å². The van der Waals surface area contributed by atoms with Gasteiger partial charge in [0.2, 0.25) is 0 Å². The van der Waals surface area contributed by atoms with Gasteiger partial charge in [-0.1, -0.05) is 49.7 Å². The van der Waals surface area contributed by atoms with Crippen molar-refractivity contribution < 1.29 is 0 Å². The third-order valence-electron chi connectivity index (χ3n) is 5.64. The lowest BCUT2D eigenvalue weighted by Gasteiger charge is -2.56. The largest absolute Gasteiger partial charge is 0.253 e. The van der Waals surface area contributed by atoms with E-state index >= 15 is 0 Å². The Morgan fingerprint density at radius 2 is 1.80 bits per heavy atom. The molecule has 0 spiro atoms. The molecule has 1 aromatic carbocycles. The summed E-state index contributed by atoms with van der Waals surface area (Å²) in [6.07, 6.45) is 2.53. The average molecular weight is 263 g/mol. The standard InChI is InChI=1S/C19H21N/c1-12-4-6-13(7-5-12)17-9-8-15-16-10-14(19(16,2)3)11-18(15)20-17/h4-9,14,16H,10-11H2,1-3H3. The van der Waals surface area contributed by atoms with Crippen LogP contribution in [0.4, 0.5) is 0 Å². The van der Waals surface area contributed by atoms with Crippen molar-refractivity contribution in [3.05, 3.63) is 53.2 Å². The Hall–Kier alpha value is -1.63. The van der Waals surface area contributed by atoms with E-state index in [-0.39, 0.29) is 0 Å². The fraction of sp³-hybridized carbons (Fsp3) is 0.421. The maximum Gasteiger partial charge on any atom is 0.0705 e. The van der Waals surface area contributed by atoms with Crippen molar-refractivity contribution in [2.45, 2.75) is 39.5 Å². The SMILES string of the molecule is Cc1ccc(-c2ccc3c(n2)CC2CC3C2(C)C)cc1. The molecule has 1 nitrogen and oxygen atoms in total. The van der Waals surface area contributed by atoms with Gasteiger partial charge in [0.05, 0.1) is 5.69 Å². The molecule has 0 amide bonds. The smallest absolute Gasteiger partial charge is 0.0705 e. The first kappa shape index (κ1) is 12.1. The van der Waals surface area contributed by atoms with Gasteiger partial charge in [0.25, 0.3) is 0 Å². The lowest BCUT2D eigenvalue weighted by atomic mass is 9.48. The van der Waals surface area contributed by atoms with E-state index in [0.29, 0.717) is 5.41 Å². The first-order valence-electron chi connectivity index (χ1n) is 7.62. The molecule has 1 aromatic heterocycles. The van der Waals surface area contributed by atoms with E-state index in [9.17, 15) is 0 Å². The maximum atomic E-state index is 4.96. The number of hydrogen-bond acceptors (Lipinski definition) is 1. The highest BCUT2D eigenvalue weighted by molar-refractivity contribution is 5.60. The molecule has 1 saturated carbocycles. The van der Waals surface area contributed by atoms with Crippen LogP contribution in [-0.4, -0.2) is 4.98 Å². The predicted octanol–water partition coefficient (Wildman–Crippen LogP) is 4.74. The number of aromatic nitrogens is 1. The van der Waals surface area contributed by atoms with Crippen molar-refractivity contribution in [1.29, 1.82) is 0 Å². The summed E-state index contributed by atoms with van der Waals surface area (Å²) in [5, 5.41) is 0. The molecule has 0 radical (unpaired) electrons. The number of pyridine rings is 1. The normalized spacial score (nSPS) is 25.8. The Labute approximate surface area is 121 Å². The molecule has 0 aliphatic heterocycles. The van der Waals surface area contributed by atoms with Crippen LogP contribution in [0.3, 0.4) is 0 Å². The predicted molar refractivity (Wildman–Crippen MR) is 82.7 cm³/mol. The molecular weight excluding hydrogens is 242 g/mol. The van der Waals surface area contributed by atoms with Crippen LogP contribution in [0, 0.1) is 18.3 Å². The number of nitrogens with zero attached hydrogens (tertiary/aromatic N) is 1. The Balaban J connectivity index is 1.75. The van der Waals surface area contributed by atoms with Gasteiger partial charge in [-0.15, -0.1) is 0 Å². The topological polar surface area (TPSA) is 12.9 Å². The minimum absolute atomic E-state index is 0.486. The van der Waals surface area contributed by atoms with E-state index < -0.39 is 0 Å². The van der Waals surface area contributed by atoms with Gasteiger partial charge in [-0.3, -0.25) is 4.98 Å². The molecular formula is C19H21N. The second-order valence-electron chi connectivity index (χ2n) is 7.11. The van der Waals surface area contributed by atoms with Gasteiger partial charge in [0.15, 0.2) is 0 Å². The molecule has 0 saturated heterocycles. The first-order valence-corrected chi connectivity index (χ1v) is 7.62. The highest BCUT2D eigenvalue weighted by atomic mass is 14.8. The molecule has 0 N–H and O–H groups in total. The van der Waals surface area contributed by atoms with E-state index in [2.05, 4.69) is 57.2 Å². The molecule has 102 valence electrons. The molecule has 1 heterocycles. The zero-order valence-corrected chi connectivity index (χ0v) is 12.5. The van der Waals surface area contributed by atoms with Gasteiger partial charge in [-0.25, -0.2) is 0 Å². The summed E-state index contributed by atoms with van der Waals surface area (Å²) in [4.78, 5) is 4.96. The van der Waals surface area contributed by atoms with Crippen molar-refractivity contribution in [3.8, 4) is 11.3 Å². The third-order valence-corrected chi connectivity index (χ3v) is 5.64. The van der Waals surface area contributed by atoms with Crippen molar-refractivity contribution in [2.24, 2.45) is 11.3 Å². The highest BCUT2D eigenvalue weighted by Crippen LogP contribution is 2.61.